The maximum atomic E-state index is 12.5. The minimum atomic E-state index is -0.485. The summed E-state index contributed by atoms with van der Waals surface area (Å²) in [5, 5.41) is 19.1. The van der Waals surface area contributed by atoms with Crippen molar-refractivity contribution in [3.63, 3.8) is 0 Å². The molecular formula is C17H20N8O2. The van der Waals surface area contributed by atoms with Crippen LogP contribution in [-0.2, 0) is 6.42 Å². The first-order valence-electron chi connectivity index (χ1n) is 8.47. The second-order valence-electron chi connectivity index (χ2n) is 6.16. The molecular weight excluding hydrogens is 348 g/mol. The van der Waals surface area contributed by atoms with Crippen molar-refractivity contribution in [3.05, 3.63) is 46.8 Å². The van der Waals surface area contributed by atoms with Crippen LogP contribution in [0.3, 0.4) is 0 Å². The summed E-state index contributed by atoms with van der Waals surface area (Å²) in [7, 11) is 0. The zero-order chi connectivity index (χ0) is 19.4. The van der Waals surface area contributed by atoms with Gasteiger partial charge in [0.05, 0.1) is 11.9 Å². The number of nitrogen functional groups attached to an aromatic ring is 1. The first-order valence-corrected chi connectivity index (χ1v) is 8.47. The van der Waals surface area contributed by atoms with Crippen LogP contribution >= 0.6 is 0 Å². The second-order valence-corrected chi connectivity index (χ2v) is 6.16. The lowest BCUT2D eigenvalue weighted by Crippen LogP contribution is -2.21. The summed E-state index contributed by atoms with van der Waals surface area (Å²) in [6.45, 7) is 5.88. The van der Waals surface area contributed by atoms with Crippen LogP contribution in [-0.4, -0.2) is 37.4 Å². The van der Waals surface area contributed by atoms with Crippen LogP contribution in [0.15, 0.2) is 34.0 Å². The van der Waals surface area contributed by atoms with E-state index in [1.165, 1.54) is 10.2 Å². The molecule has 140 valence electrons. The lowest BCUT2D eigenvalue weighted by Gasteiger charge is -2.08. The molecule has 1 amide bonds. The van der Waals surface area contributed by atoms with Crippen molar-refractivity contribution in [2.75, 3.05) is 5.73 Å². The fraction of sp³-hybridized carbons (Fsp3) is 0.294. The number of anilines is 1. The minimum Gasteiger partial charge on any atom is -0.378 e. The van der Waals surface area contributed by atoms with Crippen LogP contribution in [0.4, 0.5) is 5.82 Å². The standard InChI is InChI=1S/C17H20N8O2/c1-4-11-5-7-12(8-6-11)9-19-21-17(26)13-14(10(2)3)25(24-20-13)16-15(18)22-27-23-16/h5-10H,4H2,1-3H3,(H2,18,22)(H,21,26)/b19-9-. The van der Waals surface area contributed by atoms with Gasteiger partial charge in [0.25, 0.3) is 5.91 Å². The van der Waals surface area contributed by atoms with Crippen LogP contribution in [0.2, 0.25) is 0 Å². The molecule has 2 heterocycles. The first kappa shape index (κ1) is 18.2. The van der Waals surface area contributed by atoms with Crippen molar-refractivity contribution in [2.45, 2.75) is 33.1 Å². The highest BCUT2D eigenvalue weighted by Gasteiger charge is 2.25. The van der Waals surface area contributed by atoms with E-state index in [4.69, 9.17) is 5.73 Å². The number of carbonyl (C=O) groups is 1. The van der Waals surface area contributed by atoms with Gasteiger partial charge in [0.1, 0.15) is 0 Å². The Morgan fingerprint density at radius 1 is 1.33 bits per heavy atom. The summed E-state index contributed by atoms with van der Waals surface area (Å²) in [6, 6.07) is 7.90. The van der Waals surface area contributed by atoms with E-state index in [0.29, 0.717) is 5.69 Å². The largest absolute Gasteiger partial charge is 0.378 e. The van der Waals surface area contributed by atoms with Crippen LogP contribution in [0.1, 0.15) is 54.0 Å². The van der Waals surface area contributed by atoms with E-state index < -0.39 is 5.91 Å². The quantitative estimate of drug-likeness (QED) is 0.499. The van der Waals surface area contributed by atoms with E-state index in [1.54, 1.807) is 6.21 Å². The first-order chi connectivity index (χ1) is 13.0. The third-order valence-electron chi connectivity index (χ3n) is 3.93. The number of hydrogen-bond donors (Lipinski definition) is 2. The molecule has 0 unspecified atom stereocenters. The average Bonchev–Trinajstić information content (AvgIpc) is 3.28. The van der Waals surface area contributed by atoms with Gasteiger partial charge in [-0.05, 0) is 33.8 Å². The van der Waals surface area contributed by atoms with Crippen LogP contribution in [0.25, 0.3) is 5.82 Å². The fourth-order valence-corrected chi connectivity index (χ4v) is 2.52. The lowest BCUT2D eigenvalue weighted by molar-refractivity contribution is 0.0948. The highest BCUT2D eigenvalue weighted by Crippen LogP contribution is 2.22. The fourth-order valence-electron chi connectivity index (χ4n) is 2.52. The van der Waals surface area contributed by atoms with Gasteiger partial charge >= 0.3 is 0 Å². The maximum absolute atomic E-state index is 12.5. The Morgan fingerprint density at radius 2 is 2.07 bits per heavy atom. The highest BCUT2D eigenvalue weighted by atomic mass is 16.6. The molecule has 3 N–H and O–H groups in total. The molecule has 2 aromatic heterocycles. The Balaban J connectivity index is 1.79. The molecule has 0 bridgehead atoms. The molecule has 0 aliphatic heterocycles. The van der Waals surface area contributed by atoms with Crippen molar-refractivity contribution in [1.29, 1.82) is 0 Å². The number of rotatable bonds is 6. The summed E-state index contributed by atoms with van der Waals surface area (Å²) in [5.74, 6) is -0.323. The van der Waals surface area contributed by atoms with Crippen molar-refractivity contribution >= 4 is 17.9 Å². The van der Waals surface area contributed by atoms with Gasteiger partial charge in [0, 0.05) is 0 Å². The zero-order valence-electron chi connectivity index (χ0n) is 15.2. The Kier molecular flexibility index (Phi) is 5.25. The number of amides is 1. The Bertz CT molecular complexity index is 956. The van der Waals surface area contributed by atoms with Crippen molar-refractivity contribution in [1.82, 2.24) is 30.7 Å². The van der Waals surface area contributed by atoms with E-state index >= 15 is 0 Å². The number of nitrogens with one attached hydrogen (secondary N) is 1. The number of aryl methyl sites for hydroxylation is 1. The number of hydrogen-bond acceptors (Lipinski definition) is 8. The third kappa shape index (κ3) is 3.84. The Morgan fingerprint density at radius 3 is 2.67 bits per heavy atom. The SMILES string of the molecule is CCc1ccc(/C=N\NC(=O)c2nnn(-c3nonc3N)c2C(C)C)cc1. The van der Waals surface area contributed by atoms with Crippen LogP contribution < -0.4 is 11.2 Å². The molecule has 0 aliphatic carbocycles. The molecule has 0 radical (unpaired) electrons. The van der Waals surface area contributed by atoms with E-state index in [-0.39, 0.29) is 23.2 Å². The summed E-state index contributed by atoms with van der Waals surface area (Å²) < 4.78 is 5.94. The summed E-state index contributed by atoms with van der Waals surface area (Å²) >= 11 is 0. The van der Waals surface area contributed by atoms with Crippen LogP contribution in [0, 0.1) is 0 Å². The van der Waals surface area contributed by atoms with E-state index in [1.807, 2.05) is 38.1 Å². The molecule has 0 fully saturated rings. The minimum absolute atomic E-state index is 0.0577. The number of nitrogens with zero attached hydrogens (tertiary/aromatic N) is 6. The van der Waals surface area contributed by atoms with Crippen LogP contribution in [0.5, 0.6) is 0 Å². The maximum Gasteiger partial charge on any atom is 0.293 e. The Labute approximate surface area is 155 Å². The normalized spacial score (nSPS) is 11.4. The molecule has 0 spiro atoms. The monoisotopic (exact) mass is 368 g/mol. The molecule has 3 rings (SSSR count). The summed E-state index contributed by atoms with van der Waals surface area (Å²) in [4.78, 5) is 12.5. The van der Waals surface area contributed by atoms with Gasteiger partial charge in [-0.2, -0.15) is 9.78 Å². The third-order valence-corrected chi connectivity index (χ3v) is 3.93. The lowest BCUT2D eigenvalue weighted by atomic mass is 10.1. The number of aromatic nitrogens is 5. The zero-order valence-corrected chi connectivity index (χ0v) is 15.2. The summed E-state index contributed by atoms with van der Waals surface area (Å²) in [6.07, 6.45) is 2.53. The van der Waals surface area contributed by atoms with Gasteiger partial charge in [0.15, 0.2) is 5.69 Å². The summed E-state index contributed by atoms with van der Waals surface area (Å²) in [5.41, 5.74) is 10.9. The smallest absolute Gasteiger partial charge is 0.293 e. The molecule has 10 heteroatoms. The van der Waals surface area contributed by atoms with Gasteiger partial charge in [-0.3, -0.25) is 4.79 Å². The number of benzene rings is 1. The molecule has 3 aromatic rings. The van der Waals surface area contributed by atoms with E-state index in [9.17, 15) is 4.79 Å². The molecule has 1 aromatic carbocycles. The van der Waals surface area contributed by atoms with Gasteiger partial charge in [-0.25, -0.2) is 10.1 Å². The van der Waals surface area contributed by atoms with Crippen molar-refractivity contribution in [3.8, 4) is 5.82 Å². The number of carbonyl (C=O) groups excluding carboxylic acids is 1. The average molecular weight is 368 g/mol. The van der Waals surface area contributed by atoms with Gasteiger partial charge in [0.2, 0.25) is 11.6 Å². The molecule has 0 saturated carbocycles. The predicted molar refractivity (Wildman–Crippen MR) is 98.6 cm³/mol. The highest BCUT2D eigenvalue weighted by molar-refractivity contribution is 5.94. The van der Waals surface area contributed by atoms with E-state index in [0.717, 1.165) is 12.0 Å². The van der Waals surface area contributed by atoms with Crippen molar-refractivity contribution < 1.29 is 9.42 Å². The Hall–Kier alpha value is -3.56. The predicted octanol–water partition coefficient (Wildman–Crippen LogP) is 1.68. The van der Waals surface area contributed by atoms with Crippen molar-refractivity contribution in [2.24, 2.45) is 5.10 Å². The molecule has 10 nitrogen and oxygen atoms in total. The number of hydrazone groups is 1. The van der Waals surface area contributed by atoms with Gasteiger partial charge in [-0.1, -0.05) is 50.3 Å². The molecule has 0 saturated heterocycles. The molecule has 27 heavy (non-hydrogen) atoms. The van der Waals surface area contributed by atoms with E-state index in [2.05, 4.69) is 42.7 Å². The van der Waals surface area contributed by atoms with Gasteiger partial charge in [-0.15, -0.1) is 5.10 Å². The molecule has 0 aliphatic rings. The van der Waals surface area contributed by atoms with Gasteiger partial charge < -0.3 is 5.73 Å². The molecule has 0 atom stereocenters. The second kappa shape index (κ2) is 7.77. The topological polar surface area (TPSA) is 137 Å². The number of nitrogens with two attached hydrogens (primary N) is 1.